The van der Waals surface area contributed by atoms with Crippen LogP contribution in [0.1, 0.15) is 58.5 Å². The number of hydrogen-bond acceptors (Lipinski definition) is 5. The molecule has 0 N–H and O–H groups in total. The summed E-state index contributed by atoms with van der Waals surface area (Å²) < 4.78 is 6.46. The molecule has 5 nitrogen and oxygen atoms in total. The van der Waals surface area contributed by atoms with Crippen LogP contribution in [0.25, 0.3) is 6.08 Å². The molecule has 0 amide bonds. The van der Waals surface area contributed by atoms with Crippen molar-refractivity contribution < 1.29 is 19.1 Å². The summed E-state index contributed by atoms with van der Waals surface area (Å²) in [6.45, 7) is 5.69. The molecule has 0 unspecified atom stereocenters. The number of nitrogens with zero attached hydrogens (tertiary/aromatic N) is 1. The second kappa shape index (κ2) is 8.50. The lowest BCUT2D eigenvalue weighted by Gasteiger charge is -2.38. The third-order valence-electron chi connectivity index (χ3n) is 8.23. The molecule has 0 bridgehead atoms. The van der Waals surface area contributed by atoms with E-state index in [9.17, 15) is 14.4 Å². The van der Waals surface area contributed by atoms with Crippen molar-refractivity contribution in [3.05, 3.63) is 99.5 Å². The molecule has 1 saturated heterocycles. The van der Waals surface area contributed by atoms with E-state index in [-0.39, 0.29) is 17.3 Å². The highest BCUT2D eigenvalue weighted by Crippen LogP contribution is 2.61. The summed E-state index contributed by atoms with van der Waals surface area (Å²) in [7, 11) is 1.59. The van der Waals surface area contributed by atoms with Crippen molar-refractivity contribution in [2.24, 2.45) is 10.8 Å². The normalized spacial score (nSPS) is 22.9. The summed E-state index contributed by atoms with van der Waals surface area (Å²) in [6.07, 6.45) is 3.92. The summed E-state index contributed by atoms with van der Waals surface area (Å²) in [5, 5.41) is 0. The van der Waals surface area contributed by atoms with Crippen LogP contribution in [0.5, 0.6) is 5.75 Å². The Morgan fingerprint density at radius 2 is 1.63 bits per heavy atom. The molecule has 0 radical (unpaired) electrons. The number of rotatable bonds is 3. The number of benzene rings is 3. The van der Waals surface area contributed by atoms with E-state index in [1.54, 1.807) is 31.4 Å². The van der Waals surface area contributed by atoms with E-state index in [4.69, 9.17) is 4.74 Å². The number of hydrogen-bond donors (Lipinski definition) is 0. The van der Waals surface area contributed by atoms with Crippen LogP contribution in [0.15, 0.2) is 77.3 Å². The summed E-state index contributed by atoms with van der Waals surface area (Å²) in [5.74, 6) is -0.584. The van der Waals surface area contributed by atoms with Gasteiger partial charge in [-0.3, -0.25) is 14.4 Å². The van der Waals surface area contributed by atoms with Gasteiger partial charge in [0.05, 0.1) is 19.2 Å². The first-order valence-electron chi connectivity index (χ1n) is 12.7. The van der Waals surface area contributed by atoms with Gasteiger partial charge in [0.25, 0.3) is 0 Å². The van der Waals surface area contributed by atoms with Gasteiger partial charge in [0.2, 0.25) is 0 Å². The molecule has 1 aliphatic carbocycles. The average molecular weight is 570 g/mol. The number of ketones is 3. The van der Waals surface area contributed by atoms with Gasteiger partial charge in [0.15, 0.2) is 17.3 Å². The molecular weight excluding hydrogens is 542 g/mol. The standard InChI is InChI=1S/C32H28BrNO4/c1-31(2,3)30(37)27-26(19-8-7-9-21(17-19)38-4)32(28(35)22-10-5-6-11-23(22)29(32)36)25-15-12-18-16-20(33)13-14-24(18)34(25)27/h5-17,25-27H,1-4H3/t25-,26-,27+/m0/s1. The highest BCUT2D eigenvalue weighted by Gasteiger charge is 2.71. The molecule has 0 aromatic heterocycles. The second-order valence-electron chi connectivity index (χ2n) is 11.3. The zero-order valence-electron chi connectivity index (χ0n) is 21.7. The van der Waals surface area contributed by atoms with Gasteiger partial charge in [0, 0.05) is 32.6 Å². The van der Waals surface area contributed by atoms with E-state index in [2.05, 4.69) is 15.9 Å². The third-order valence-corrected chi connectivity index (χ3v) is 8.72. The molecule has 2 heterocycles. The number of halogens is 1. The number of ether oxygens (including phenoxy) is 1. The molecule has 2 aliphatic heterocycles. The maximum Gasteiger partial charge on any atom is 0.180 e. The van der Waals surface area contributed by atoms with Crippen molar-refractivity contribution in [1.82, 2.24) is 0 Å². The minimum absolute atomic E-state index is 0.0204. The van der Waals surface area contributed by atoms with Crippen LogP contribution in [0.2, 0.25) is 0 Å². The van der Waals surface area contributed by atoms with Crippen molar-refractivity contribution in [2.75, 3.05) is 12.0 Å². The first kappa shape index (κ1) is 24.8. The lowest BCUT2D eigenvalue weighted by Crippen LogP contribution is -2.49. The summed E-state index contributed by atoms with van der Waals surface area (Å²) in [5.41, 5.74) is 1.13. The number of anilines is 1. The SMILES string of the molecule is COc1cccc([C@H]2[C@H](C(=O)C(C)(C)C)N3c4ccc(Br)cc4C=C[C@H]3C23C(=O)c2ccccc2C3=O)c1. The van der Waals surface area contributed by atoms with Crippen molar-refractivity contribution in [2.45, 2.75) is 38.8 Å². The molecule has 1 fully saturated rings. The zero-order chi connectivity index (χ0) is 27.0. The molecule has 3 atom stereocenters. The molecule has 3 aromatic carbocycles. The van der Waals surface area contributed by atoms with E-state index in [0.29, 0.717) is 16.9 Å². The highest BCUT2D eigenvalue weighted by atomic mass is 79.9. The Kier molecular flexibility index (Phi) is 5.55. The smallest absolute Gasteiger partial charge is 0.180 e. The Hall–Kier alpha value is -3.51. The third kappa shape index (κ3) is 3.25. The molecule has 3 aromatic rings. The second-order valence-corrected chi connectivity index (χ2v) is 12.2. The van der Waals surface area contributed by atoms with Gasteiger partial charge in [-0.05, 0) is 41.5 Å². The van der Waals surface area contributed by atoms with Crippen molar-refractivity contribution >= 4 is 45.0 Å². The number of Topliss-reactive ketones (excluding diaryl/α,β-unsaturated/α-hetero) is 3. The van der Waals surface area contributed by atoms with Gasteiger partial charge in [-0.15, -0.1) is 0 Å². The maximum atomic E-state index is 14.6. The van der Waals surface area contributed by atoms with E-state index in [1.807, 2.05) is 80.3 Å². The number of carbonyl (C=O) groups excluding carboxylic acids is 3. The van der Waals surface area contributed by atoms with Crippen molar-refractivity contribution in [1.29, 1.82) is 0 Å². The van der Waals surface area contributed by atoms with Crippen LogP contribution in [0, 0.1) is 10.8 Å². The maximum absolute atomic E-state index is 14.6. The minimum Gasteiger partial charge on any atom is -0.497 e. The fourth-order valence-electron chi connectivity index (χ4n) is 6.60. The predicted octanol–water partition coefficient (Wildman–Crippen LogP) is 6.51. The zero-order valence-corrected chi connectivity index (χ0v) is 23.3. The van der Waals surface area contributed by atoms with E-state index in [1.165, 1.54) is 0 Å². The van der Waals surface area contributed by atoms with Crippen LogP contribution in [0.3, 0.4) is 0 Å². The highest BCUT2D eigenvalue weighted by molar-refractivity contribution is 9.10. The number of fused-ring (bicyclic) bond motifs is 5. The topological polar surface area (TPSA) is 63.7 Å². The van der Waals surface area contributed by atoms with Gasteiger partial charge < -0.3 is 9.64 Å². The molecule has 38 heavy (non-hydrogen) atoms. The lowest BCUT2D eigenvalue weighted by atomic mass is 9.63. The quantitative estimate of drug-likeness (QED) is 0.336. The number of carbonyl (C=O) groups is 3. The van der Waals surface area contributed by atoms with Crippen LogP contribution < -0.4 is 9.64 Å². The van der Waals surface area contributed by atoms with Crippen LogP contribution >= 0.6 is 15.9 Å². The van der Waals surface area contributed by atoms with Gasteiger partial charge in [-0.1, -0.05) is 85.3 Å². The first-order valence-corrected chi connectivity index (χ1v) is 13.5. The van der Waals surface area contributed by atoms with Crippen LogP contribution in [-0.4, -0.2) is 36.5 Å². The molecule has 192 valence electrons. The first-order chi connectivity index (χ1) is 18.1. The molecular formula is C32H28BrNO4. The molecule has 3 aliphatic rings. The van der Waals surface area contributed by atoms with Crippen LogP contribution in [0.4, 0.5) is 5.69 Å². The Labute approximate surface area is 230 Å². The van der Waals surface area contributed by atoms with Crippen molar-refractivity contribution in [3.63, 3.8) is 0 Å². The van der Waals surface area contributed by atoms with Crippen LogP contribution in [-0.2, 0) is 4.79 Å². The Morgan fingerprint density at radius 3 is 2.26 bits per heavy atom. The predicted molar refractivity (Wildman–Crippen MR) is 151 cm³/mol. The molecule has 6 heteroatoms. The van der Waals surface area contributed by atoms with Gasteiger partial charge >= 0.3 is 0 Å². The largest absolute Gasteiger partial charge is 0.497 e. The van der Waals surface area contributed by atoms with E-state index >= 15 is 0 Å². The monoisotopic (exact) mass is 569 g/mol. The van der Waals surface area contributed by atoms with Gasteiger partial charge in [0.1, 0.15) is 11.2 Å². The fourth-order valence-corrected chi connectivity index (χ4v) is 6.98. The van der Waals surface area contributed by atoms with Crippen molar-refractivity contribution in [3.8, 4) is 5.75 Å². The Balaban J connectivity index is 1.70. The summed E-state index contributed by atoms with van der Waals surface area (Å²) >= 11 is 3.56. The van der Waals surface area contributed by atoms with Gasteiger partial charge in [-0.25, -0.2) is 0 Å². The summed E-state index contributed by atoms with van der Waals surface area (Å²) in [6, 6.07) is 19.0. The minimum atomic E-state index is -1.50. The van der Waals surface area contributed by atoms with E-state index in [0.717, 1.165) is 21.3 Å². The lowest BCUT2D eigenvalue weighted by molar-refractivity contribution is -0.127. The van der Waals surface area contributed by atoms with Gasteiger partial charge in [-0.2, -0.15) is 0 Å². The van der Waals surface area contributed by atoms with E-state index < -0.39 is 28.8 Å². The fraction of sp³-hybridized carbons (Fsp3) is 0.281. The Morgan fingerprint density at radius 1 is 0.947 bits per heavy atom. The average Bonchev–Trinajstić information content (AvgIpc) is 3.33. The molecule has 0 saturated carbocycles. The number of methoxy groups -OCH3 is 1. The molecule has 6 rings (SSSR count). The molecule has 1 spiro atoms. The Bertz CT molecular complexity index is 1510. The summed E-state index contributed by atoms with van der Waals surface area (Å²) in [4.78, 5) is 45.6.